The zero-order chi connectivity index (χ0) is 20.2. The third-order valence-electron chi connectivity index (χ3n) is 6.16. The van der Waals surface area contributed by atoms with Gasteiger partial charge in [0.2, 0.25) is 0 Å². The van der Waals surface area contributed by atoms with Gasteiger partial charge < -0.3 is 0 Å². The second kappa shape index (κ2) is 12.5. The van der Waals surface area contributed by atoms with Gasteiger partial charge in [-0.1, -0.05) is 0 Å². The van der Waals surface area contributed by atoms with Crippen LogP contribution in [0.5, 0.6) is 0 Å². The molecule has 28 heavy (non-hydrogen) atoms. The van der Waals surface area contributed by atoms with Crippen LogP contribution in [0.2, 0.25) is 13.3 Å². The Morgan fingerprint density at radius 2 is 1.25 bits per heavy atom. The maximum atomic E-state index is 4.40. The van der Waals surface area contributed by atoms with E-state index < -0.39 is 18.4 Å². The van der Waals surface area contributed by atoms with Crippen LogP contribution in [-0.4, -0.2) is 18.4 Å². The SMILES string of the molecule is C=C(c1ccccc1)c1cccc([CH2][Sn]([CH2]CCC)([CH2]CCC)[CH2]CCC)c1. The van der Waals surface area contributed by atoms with E-state index in [0.29, 0.717) is 0 Å². The van der Waals surface area contributed by atoms with Crippen molar-refractivity contribution in [1.29, 1.82) is 0 Å². The van der Waals surface area contributed by atoms with E-state index in [0.717, 1.165) is 5.57 Å². The molecule has 0 bridgehead atoms. The van der Waals surface area contributed by atoms with Crippen LogP contribution in [-0.2, 0) is 4.44 Å². The van der Waals surface area contributed by atoms with Gasteiger partial charge in [0.25, 0.3) is 0 Å². The van der Waals surface area contributed by atoms with Crippen LogP contribution in [0.3, 0.4) is 0 Å². The van der Waals surface area contributed by atoms with Crippen molar-refractivity contribution in [3.8, 4) is 0 Å². The molecule has 0 nitrogen and oxygen atoms in total. The molecular weight excluding hydrogens is 443 g/mol. The molecule has 2 rings (SSSR count). The van der Waals surface area contributed by atoms with E-state index in [4.69, 9.17) is 0 Å². The molecule has 1 heteroatoms. The van der Waals surface area contributed by atoms with Gasteiger partial charge in [-0.15, -0.1) is 0 Å². The Morgan fingerprint density at radius 1 is 0.714 bits per heavy atom. The standard InChI is InChI=1S/C15H13.3C4H9.Sn/c1-12-7-6-10-15(11-12)13(2)14-8-4-3-5-9-14;3*1-3-4-2;/h3-11H,1-2H2;3*1,3-4H2,2H3;. The quantitative estimate of drug-likeness (QED) is 0.250. The molecule has 0 spiro atoms. The van der Waals surface area contributed by atoms with Crippen LogP contribution in [0.4, 0.5) is 0 Å². The van der Waals surface area contributed by atoms with Crippen molar-refractivity contribution in [2.45, 2.75) is 77.0 Å². The minimum atomic E-state index is -2.15. The zero-order valence-electron chi connectivity index (χ0n) is 18.5. The zero-order valence-corrected chi connectivity index (χ0v) is 21.3. The van der Waals surface area contributed by atoms with E-state index in [1.54, 1.807) is 18.9 Å². The first-order chi connectivity index (χ1) is 13.6. The molecule has 0 saturated carbocycles. The molecule has 0 atom stereocenters. The average molecular weight is 483 g/mol. The first-order valence-electron chi connectivity index (χ1n) is 11.5. The molecule has 2 aromatic rings. The third kappa shape index (κ3) is 7.10. The summed E-state index contributed by atoms with van der Waals surface area (Å²) in [5, 5.41) is 0. The predicted octanol–water partition coefficient (Wildman–Crippen LogP) is 8.68. The van der Waals surface area contributed by atoms with Crippen molar-refractivity contribution in [1.82, 2.24) is 0 Å². The number of benzene rings is 2. The van der Waals surface area contributed by atoms with Crippen molar-refractivity contribution < 1.29 is 0 Å². The molecule has 0 saturated heterocycles. The first-order valence-corrected chi connectivity index (χ1v) is 19.5. The average Bonchev–Trinajstić information content (AvgIpc) is 2.75. The Labute approximate surface area is 178 Å². The van der Waals surface area contributed by atoms with Gasteiger partial charge in [-0.3, -0.25) is 0 Å². The normalized spacial score (nSPS) is 11.5. The molecule has 0 N–H and O–H groups in total. The number of rotatable bonds is 13. The van der Waals surface area contributed by atoms with Gasteiger partial charge in [-0.2, -0.15) is 0 Å². The van der Waals surface area contributed by atoms with Gasteiger partial charge in [0.15, 0.2) is 0 Å². The summed E-state index contributed by atoms with van der Waals surface area (Å²) in [5.41, 5.74) is 5.26. The van der Waals surface area contributed by atoms with Gasteiger partial charge in [0, 0.05) is 0 Å². The third-order valence-corrected chi connectivity index (χ3v) is 21.6. The molecule has 0 aliphatic carbocycles. The molecule has 0 aliphatic rings. The molecule has 0 aliphatic heterocycles. The molecule has 0 fully saturated rings. The number of unbranched alkanes of at least 4 members (excludes halogenated alkanes) is 3. The Balaban J connectivity index is 2.25. The van der Waals surface area contributed by atoms with E-state index in [1.807, 2.05) is 0 Å². The fraction of sp³-hybridized carbons (Fsp3) is 0.481. The summed E-state index contributed by atoms with van der Waals surface area (Å²) in [5.74, 6) is 0. The van der Waals surface area contributed by atoms with E-state index >= 15 is 0 Å². The fourth-order valence-electron chi connectivity index (χ4n) is 4.40. The summed E-state index contributed by atoms with van der Waals surface area (Å²) < 4.78 is 6.16. The Kier molecular flexibility index (Phi) is 10.4. The van der Waals surface area contributed by atoms with Crippen LogP contribution in [0.1, 0.15) is 76.0 Å². The van der Waals surface area contributed by atoms with Gasteiger partial charge >= 0.3 is 179 Å². The first kappa shape index (κ1) is 23.3. The van der Waals surface area contributed by atoms with Crippen LogP contribution >= 0.6 is 0 Å². The summed E-state index contributed by atoms with van der Waals surface area (Å²) in [6.45, 7) is 11.5. The van der Waals surface area contributed by atoms with Crippen molar-refractivity contribution in [2.24, 2.45) is 0 Å². The topological polar surface area (TPSA) is 0 Å². The number of hydrogen-bond acceptors (Lipinski definition) is 0. The van der Waals surface area contributed by atoms with Crippen LogP contribution in [0.25, 0.3) is 5.57 Å². The van der Waals surface area contributed by atoms with E-state index in [1.165, 1.54) is 54.1 Å². The van der Waals surface area contributed by atoms with Gasteiger partial charge in [-0.05, 0) is 0 Å². The second-order valence-electron chi connectivity index (χ2n) is 8.53. The summed E-state index contributed by atoms with van der Waals surface area (Å²) in [6, 6.07) is 19.9. The van der Waals surface area contributed by atoms with Crippen molar-refractivity contribution in [3.05, 3.63) is 77.9 Å². The molecule has 152 valence electrons. The van der Waals surface area contributed by atoms with Crippen LogP contribution < -0.4 is 0 Å². The van der Waals surface area contributed by atoms with Gasteiger partial charge in [0.1, 0.15) is 0 Å². The fourth-order valence-corrected chi connectivity index (χ4v) is 20.6. The van der Waals surface area contributed by atoms with Gasteiger partial charge in [0.05, 0.1) is 0 Å². The second-order valence-corrected chi connectivity index (χ2v) is 22.4. The summed E-state index contributed by atoms with van der Waals surface area (Å²) >= 11 is -2.15. The van der Waals surface area contributed by atoms with E-state index in [2.05, 4.69) is 81.9 Å². The molecule has 0 amide bonds. The summed E-state index contributed by atoms with van der Waals surface area (Å²) in [4.78, 5) is 0. The van der Waals surface area contributed by atoms with E-state index in [9.17, 15) is 0 Å². The molecule has 0 aromatic heterocycles. The van der Waals surface area contributed by atoms with Crippen molar-refractivity contribution in [2.75, 3.05) is 0 Å². The maximum absolute atomic E-state index is 4.40. The van der Waals surface area contributed by atoms with Gasteiger partial charge in [-0.25, -0.2) is 0 Å². The summed E-state index contributed by atoms with van der Waals surface area (Å²) in [7, 11) is 0. The van der Waals surface area contributed by atoms with E-state index in [-0.39, 0.29) is 0 Å². The summed E-state index contributed by atoms with van der Waals surface area (Å²) in [6.07, 6.45) is 8.38. The van der Waals surface area contributed by atoms with Crippen LogP contribution in [0.15, 0.2) is 61.2 Å². The molecule has 0 heterocycles. The molecule has 0 unspecified atom stereocenters. The number of hydrogen-bond donors (Lipinski definition) is 0. The monoisotopic (exact) mass is 484 g/mol. The minimum absolute atomic E-state index is 1.15. The molecule has 2 aromatic carbocycles. The van der Waals surface area contributed by atoms with Crippen molar-refractivity contribution in [3.63, 3.8) is 0 Å². The molecule has 0 radical (unpaired) electrons. The Morgan fingerprint density at radius 3 is 1.79 bits per heavy atom. The Bertz CT molecular complexity index is 679. The van der Waals surface area contributed by atoms with Crippen molar-refractivity contribution >= 4 is 24.0 Å². The Hall–Kier alpha value is -1.02. The molecular formula is C27H40Sn. The van der Waals surface area contributed by atoms with Crippen LogP contribution in [0, 0.1) is 0 Å². The predicted molar refractivity (Wildman–Crippen MR) is 130 cm³/mol.